The van der Waals surface area contributed by atoms with Crippen LogP contribution in [0.25, 0.3) is 0 Å². The number of rotatable bonds is 3. The van der Waals surface area contributed by atoms with Gasteiger partial charge in [-0.1, -0.05) is 6.32 Å². The second kappa shape index (κ2) is 6.24. The van der Waals surface area contributed by atoms with Crippen molar-refractivity contribution in [2.45, 2.75) is 6.32 Å². The molecule has 0 unspecified atom stereocenters. The SMILES string of the molecule is COc1ccc(F)cc1C[B-](F)(F)F.[K+]. The maximum absolute atomic E-state index is 12.6. The van der Waals surface area contributed by atoms with E-state index >= 15 is 0 Å². The second-order valence-corrected chi connectivity index (χ2v) is 2.87. The summed E-state index contributed by atoms with van der Waals surface area (Å²) in [7, 11) is 1.25. The van der Waals surface area contributed by atoms with E-state index in [4.69, 9.17) is 0 Å². The van der Waals surface area contributed by atoms with Crippen molar-refractivity contribution in [3.63, 3.8) is 0 Å². The predicted octanol–water partition coefficient (Wildman–Crippen LogP) is -0.233. The standard InChI is InChI=1S/C8H8BF4O.K/c1-14-8-3-2-7(10)4-6(8)5-9(11,12)13;/h2-4H,5H2,1H3;/q-1;+1. The van der Waals surface area contributed by atoms with Gasteiger partial charge in [0.25, 0.3) is 0 Å². The molecular formula is C8H8BF4KO. The number of hydrogen-bond acceptors (Lipinski definition) is 1. The van der Waals surface area contributed by atoms with E-state index in [2.05, 4.69) is 4.74 Å². The van der Waals surface area contributed by atoms with Crippen molar-refractivity contribution in [1.82, 2.24) is 0 Å². The van der Waals surface area contributed by atoms with Gasteiger partial charge in [0.15, 0.2) is 0 Å². The summed E-state index contributed by atoms with van der Waals surface area (Å²) in [6.07, 6.45) is -1.12. The van der Waals surface area contributed by atoms with E-state index in [1.165, 1.54) is 13.2 Å². The van der Waals surface area contributed by atoms with Gasteiger partial charge in [0.2, 0.25) is 0 Å². The van der Waals surface area contributed by atoms with Crippen molar-refractivity contribution < 1.29 is 73.5 Å². The van der Waals surface area contributed by atoms with E-state index < -0.39 is 19.1 Å². The second-order valence-electron chi connectivity index (χ2n) is 2.87. The van der Waals surface area contributed by atoms with Gasteiger partial charge in [-0.05, 0) is 23.8 Å². The third-order valence-corrected chi connectivity index (χ3v) is 1.69. The number of methoxy groups -OCH3 is 1. The Morgan fingerprint density at radius 3 is 2.33 bits per heavy atom. The third-order valence-electron chi connectivity index (χ3n) is 1.69. The molecule has 0 radical (unpaired) electrons. The molecule has 0 saturated heterocycles. The van der Waals surface area contributed by atoms with Crippen molar-refractivity contribution in [3.8, 4) is 5.75 Å². The normalized spacial score (nSPS) is 10.7. The molecule has 0 aliphatic rings. The Morgan fingerprint density at radius 2 is 1.87 bits per heavy atom. The first-order valence-electron chi connectivity index (χ1n) is 3.96. The molecule has 0 aromatic heterocycles. The summed E-state index contributed by atoms with van der Waals surface area (Å²) in [4.78, 5) is 0. The van der Waals surface area contributed by atoms with Gasteiger partial charge in [0.1, 0.15) is 11.6 Å². The van der Waals surface area contributed by atoms with E-state index in [-0.39, 0.29) is 62.7 Å². The zero-order chi connectivity index (χ0) is 10.8. The molecule has 0 N–H and O–H groups in total. The first-order chi connectivity index (χ1) is 6.42. The molecule has 1 rings (SSSR count). The minimum atomic E-state index is -4.97. The fourth-order valence-corrected chi connectivity index (χ4v) is 1.16. The number of halogens is 4. The molecular weight excluding hydrogens is 238 g/mol. The average Bonchev–Trinajstić information content (AvgIpc) is 2.01. The molecule has 0 amide bonds. The van der Waals surface area contributed by atoms with E-state index in [1.807, 2.05) is 0 Å². The number of hydrogen-bond donors (Lipinski definition) is 0. The van der Waals surface area contributed by atoms with Crippen LogP contribution in [0.4, 0.5) is 17.3 Å². The zero-order valence-electron chi connectivity index (χ0n) is 8.44. The molecule has 1 nitrogen and oxygen atoms in total. The average molecular weight is 246 g/mol. The van der Waals surface area contributed by atoms with Crippen LogP contribution in [0.5, 0.6) is 5.75 Å². The first kappa shape index (κ1) is 15.4. The van der Waals surface area contributed by atoms with Gasteiger partial charge in [-0.15, -0.1) is 0 Å². The van der Waals surface area contributed by atoms with Crippen molar-refractivity contribution >= 4 is 6.98 Å². The largest absolute Gasteiger partial charge is 1.00 e. The summed E-state index contributed by atoms with van der Waals surface area (Å²) in [5, 5.41) is 0. The Labute approximate surface area is 128 Å². The van der Waals surface area contributed by atoms with Crippen molar-refractivity contribution in [2.24, 2.45) is 0 Å². The fourth-order valence-electron chi connectivity index (χ4n) is 1.16. The van der Waals surface area contributed by atoms with Crippen LogP contribution in [0.1, 0.15) is 5.56 Å². The van der Waals surface area contributed by atoms with Crippen molar-refractivity contribution in [1.29, 1.82) is 0 Å². The van der Waals surface area contributed by atoms with Crippen LogP contribution >= 0.6 is 0 Å². The molecule has 0 spiro atoms. The maximum atomic E-state index is 12.6. The summed E-state index contributed by atoms with van der Waals surface area (Å²) in [6, 6.07) is 3.09. The molecule has 0 saturated carbocycles. The van der Waals surface area contributed by atoms with Gasteiger partial charge < -0.3 is 17.7 Å². The molecule has 7 heteroatoms. The van der Waals surface area contributed by atoms with E-state index in [0.717, 1.165) is 12.1 Å². The molecule has 15 heavy (non-hydrogen) atoms. The Hall–Kier alpha value is 0.441. The Morgan fingerprint density at radius 1 is 1.27 bits per heavy atom. The fraction of sp³-hybridized carbons (Fsp3) is 0.250. The van der Waals surface area contributed by atoms with Crippen molar-refractivity contribution in [3.05, 3.63) is 29.6 Å². The van der Waals surface area contributed by atoms with Gasteiger partial charge in [-0.3, -0.25) is 0 Å². The summed E-state index contributed by atoms with van der Waals surface area (Å²) < 4.78 is 53.6. The van der Waals surface area contributed by atoms with Crippen molar-refractivity contribution in [2.75, 3.05) is 7.11 Å². The third kappa shape index (κ3) is 5.35. The van der Waals surface area contributed by atoms with Crippen LogP contribution in [0.15, 0.2) is 18.2 Å². The van der Waals surface area contributed by atoms with Gasteiger partial charge in [-0.2, -0.15) is 0 Å². The van der Waals surface area contributed by atoms with Crippen LogP contribution in [0.3, 0.4) is 0 Å². The molecule has 1 aromatic carbocycles. The quantitative estimate of drug-likeness (QED) is 0.528. The van der Waals surface area contributed by atoms with Gasteiger partial charge in [0, 0.05) is 0 Å². The zero-order valence-corrected chi connectivity index (χ0v) is 11.6. The van der Waals surface area contributed by atoms with Crippen LogP contribution in [0.2, 0.25) is 0 Å². The Kier molecular flexibility index (Phi) is 6.43. The summed E-state index contributed by atoms with van der Waals surface area (Å²) >= 11 is 0. The van der Waals surface area contributed by atoms with Crippen LogP contribution in [-0.4, -0.2) is 14.1 Å². The predicted molar refractivity (Wildman–Crippen MR) is 45.7 cm³/mol. The molecule has 0 bridgehead atoms. The van der Waals surface area contributed by atoms with Gasteiger partial charge in [0.05, 0.1) is 7.11 Å². The molecule has 0 aliphatic carbocycles. The topological polar surface area (TPSA) is 9.23 Å². The number of ether oxygens (including phenoxy) is 1. The molecule has 0 atom stereocenters. The summed E-state index contributed by atoms with van der Waals surface area (Å²) in [5.74, 6) is -0.633. The number of benzene rings is 1. The van der Waals surface area contributed by atoms with Gasteiger partial charge in [-0.25, -0.2) is 4.39 Å². The minimum absolute atomic E-state index is 0. The summed E-state index contributed by atoms with van der Waals surface area (Å²) in [6.45, 7) is -4.97. The van der Waals surface area contributed by atoms with Crippen LogP contribution < -0.4 is 56.1 Å². The molecule has 0 fully saturated rings. The molecule has 0 aliphatic heterocycles. The van der Waals surface area contributed by atoms with Crippen LogP contribution in [-0.2, 0) is 6.32 Å². The summed E-state index contributed by atoms with van der Waals surface area (Å²) in [5.41, 5.74) is -0.167. The maximum Gasteiger partial charge on any atom is 1.00 e. The first-order valence-corrected chi connectivity index (χ1v) is 3.96. The smallest absolute Gasteiger partial charge is 0.497 e. The Balaban J connectivity index is 0.00000196. The molecule has 1 aromatic rings. The molecule has 0 heterocycles. The molecule has 78 valence electrons. The van der Waals surface area contributed by atoms with Gasteiger partial charge >= 0.3 is 58.4 Å². The van der Waals surface area contributed by atoms with E-state index in [0.29, 0.717) is 0 Å². The Bertz CT molecular complexity index is 329. The minimum Gasteiger partial charge on any atom is -0.497 e. The monoisotopic (exact) mass is 246 g/mol. The van der Waals surface area contributed by atoms with Crippen LogP contribution in [0, 0.1) is 5.82 Å². The van der Waals surface area contributed by atoms with E-state index in [9.17, 15) is 17.3 Å². The van der Waals surface area contributed by atoms with E-state index in [1.54, 1.807) is 0 Å².